The zero-order chi connectivity index (χ0) is 13.4. The summed E-state index contributed by atoms with van der Waals surface area (Å²) in [6.45, 7) is 5.53. The van der Waals surface area contributed by atoms with E-state index in [4.69, 9.17) is 5.10 Å². The Morgan fingerprint density at radius 3 is 2.74 bits per heavy atom. The van der Waals surface area contributed by atoms with Gasteiger partial charge in [-0.3, -0.25) is 0 Å². The number of fused-ring (bicyclic) bond motifs is 1. The molecule has 0 spiro atoms. The molecule has 1 aromatic heterocycles. The average molecular weight is 367 g/mol. The first-order valence-corrected chi connectivity index (χ1v) is 7.83. The highest BCUT2D eigenvalue weighted by Gasteiger charge is 2.23. The topological polar surface area (TPSA) is 29.9 Å². The maximum Gasteiger partial charge on any atom is 0.133 e. The number of hydrogen-bond acceptors (Lipinski definition) is 2. The number of nitrogens with zero attached hydrogens (tertiary/aromatic N) is 2. The summed E-state index contributed by atoms with van der Waals surface area (Å²) in [5, 5.41) is 8.30. The molecule has 2 heterocycles. The van der Waals surface area contributed by atoms with Gasteiger partial charge in [-0.1, -0.05) is 13.8 Å². The molecule has 0 unspecified atom stereocenters. The van der Waals surface area contributed by atoms with Crippen molar-refractivity contribution in [2.75, 3.05) is 11.9 Å². The van der Waals surface area contributed by atoms with Crippen LogP contribution >= 0.6 is 22.6 Å². The molecule has 4 heteroatoms. The van der Waals surface area contributed by atoms with Crippen molar-refractivity contribution < 1.29 is 0 Å². The molecule has 3 rings (SSSR count). The number of hydrogen-bond donors (Lipinski definition) is 1. The van der Waals surface area contributed by atoms with Gasteiger partial charge in [-0.05, 0) is 65.6 Å². The number of anilines is 1. The Labute approximate surface area is 127 Å². The van der Waals surface area contributed by atoms with Gasteiger partial charge in [0, 0.05) is 15.7 Å². The molecule has 0 aliphatic carbocycles. The molecule has 0 saturated heterocycles. The smallest absolute Gasteiger partial charge is 0.133 e. The van der Waals surface area contributed by atoms with Crippen LogP contribution in [0.4, 0.5) is 5.82 Å². The first-order chi connectivity index (χ1) is 9.15. The van der Waals surface area contributed by atoms with Gasteiger partial charge in [-0.2, -0.15) is 5.10 Å². The van der Waals surface area contributed by atoms with Crippen LogP contribution in [0.5, 0.6) is 0 Å². The van der Waals surface area contributed by atoms with Crippen LogP contribution in [0.2, 0.25) is 0 Å². The lowest BCUT2D eigenvalue weighted by Gasteiger charge is -2.06. The number of benzene rings is 1. The zero-order valence-corrected chi connectivity index (χ0v) is 13.4. The molecule has 0 saturated carbocycles. The second kappa shape index (κ2) is 5.15. The van der Waals surface area contributed by atoms with Crippen molar-refractivity contribution >= 4 is 28.4 Å². The quantitative estimate of drug-likeness (QED) is 0.840. The predicted molar refractivity (Wildman–Crippen MR) is 87.0 cm³/mol. The summed E-state index contributed by atoms with van der Waals surface area (Å²) in [5.74, 6) is 1.83. The predicted octanol–water partition coefficient (Wildman–Crippen LogP) is 3.64. The molecule has 0 atom stereocenters. The molecular weight excluding hydrogens is 349 g/mol. The highest BCUT2D eigenvalue weighted by Crippen LogP contribution is 2.30. The second-order valence-electron chi connectivity index (χ2n) is 5.44. The molecule has 0 bridgehead atoms. The summed E-state index contributed by atoms with van der Waals surface area (Å²) in [4.78, 5) is 0. The summed E-state index contributed by atoms with van der Waals surface area (Å²) in [6.07, 6.45) is 2.16. The van der Waals surface area contributed by atoms with Crippen LogP contribution in [0.3, 0.4) is 0 Å². The standard InChI is InChI=1S/C15H18IN3/c1-10(2)9-14-13-7-8-17-15(13)19(18-14)12-5-3-11(16)4-6-12/h3-6,10,17H,7-9H2,1-2H3. The summed E-state index contributed by atoms with van der Waals surface area (Å²) in [6, 6.07) is 8.52. The fourth-order valence-corrected chi connectivity index (χ4v) is 2.93. The van der Waals surface area contributed by atoms with E-state index in [1.165, 1.54) is 20.6 Å². The van der Waals surface area contributed by atoms with Crippen LogP contribution in [-0.2, 0) is 12.8 Å². The summed E-state index contributed by atoms with van der Waals surface area (Å²) in [5.41, 5.74) is 3.81. The third-order valence-electron chi connectivity index (χ3n) is 3.41. The lowest BCUT2D eigenvalue weighted by atomic mass is 10.0. The minimum atomic E-state index is 0.643. The molecule has 100 valence electrons. The van der Waals surface area contributed by atoms with Crippen LogP contribution < -0.4 is 5.32 Å². The highest BCUT2D eigenvalue weighted by molar-refractivity contribution is 14.1. The Morgan fingerprint density at radius 1 is 1.32 bits per heavy atom. The van der Waals surface area contributed by atoms with Crippen molar-refractivity contribution in [3.8, 4) is 5.69 Å². The lowest BCUT2D eigenvalue weighted by Crippen LogP contribution is -2.06. The molecule has 1 aliphatic heterocycles. The van der Waals surface area contributed by atoms with E-state index in [1.54, 1.807) is 0 Å². The van der Waals surface area contributed by atoms with Crippen molar-refractivity contribution in [1.82, 2.24) is 9.78 Å². The number of nitrogens with one attached hydrogen (secondary N) is 1. The van der Waals surface area contributed by atoms with Gasteiger partial charge in [0.15, 0.2) is 0 Å². The minimum Gasteiger partial charge on any atom is -0.369 e. The molecular formula is C15H18IN3. The molecule has 1 N–H and O–H groups in total. The van der Waals surface area contributed by atoms with E-state index in [1.807, 2.05) is 0 Å². The average Bonchev–Trinajstić information content (AvgIpc) is 2.94. The number of aromatic nitrogens is 2. The Balaban J connectivity index is 2.04. The van der Waals surface area contributed by atoms with Crippen LogP contribution in [0.1, 0.15) is 25.1 Å². The van der Waals surface area contributed by atoms with Gasteiger partial charge in [-0.15, -0.1) is 0 Å². The van der Waals surface area contributed by atoms with E-state index in [-0.39, 0.29) is 0 Å². The van der Waals surface area contributed by atoms with Crippen LogP contribution in [0, 0.1) is 9.49 Å². The van der Waals surface area contributed by atoms with Crippen molar-refractivity contribution in [2.45, 2.75) is 26.7 Å². The van der Waals surface area contributed by atoms with Crippen LogP contribution in [-0.4, -0.2) is 16.3 Å². The normalized spacial score (nSPS) is 13.7. The summed E-state index contributed by atoms with van der Waals surface area (Å²) in [7, 11) is 0. The summed E-state index contributed by atoms with van der Waals surface area (Å²) >= 11 is 2.33. The Morgan fingerprint density at radius 2 is 2.05 bits per heavy atom. The van der Waals surface area contributed by atoms with Crippen LogP contribution in [0.25, 0.3) is 5.69 Å². The van der Waals surface area contributed by atoms with Crippen molar-refractivity contribution in [3.05, 3.63) is 39.1 Å². The second-order valence-corrected chi connectivity index (χ2v) is 6.68. The zero-order valence-electron chi connectivity index (χ0n) is 11.3. The van der Waals surface area contributed by atoms with Gasteiger partial charge in [-0.25, -0.2) is 4.68 Å². The lowest BCUT2D eigenvalue weighted by molar-refractivity contribution is 0.624. The molecule has 1 aliphatic rings. The number of rotatable bonds is 3. The van der Waals surface area contributed by atoms with E-state index < -0.39 is 0 Å². The Kier molecular flexibility index (Phi) is 3.52. The molecule has 3 nitrogen and oxygen atoms in total. The van der Waals surface area contributed by atoms with Gasteiger partial charge in [0.25, 0.3) is 0 Å². The maximum absolute atomic E-state index is 4.82. The Bertz CT molecular complexity index is 584. The molecule has 2 aromatic rings. The van der Waals surface area contributed by atoms with E-state index in [9.17, 15) is 0 Å². The fraction of sp³-hybridized carbons (Fsp3) is 0.400. The van der Waals surface area contributed by atoms with Crippen LogP contribution in [0.15, 0.2) is 24.3 Å². The van der Waals surface area contributed by atoms with Gasteiger partial charge < -0.3 is 5.32 Å². The van der Waals surface area contributed by atoms with Crippen molar-refractivity contribution in [3.63, 3.8) is 0 Å². The first kappa shape index (κ1) is 13.0. The monoisotopic (exact) mass is 367 g/mol. The Hall–Kier alpha value is -1.04. The molecule has 0 amide bonds. The highest BCUT2D eigenvalue weighted by atomic mass is 127. The van der Waals surface area contributed by atoms with Crippen molar-refractivity contribution in [1.29, 1.82) is 0 Å². The van der Waals surface area contributed by atoms with E-state index in [2.05, 4.69) is 70.7 Å². The molecule has 19 heavy (non-hydrogen) atoms. The van der Waals surface area contributed by atoms with Gasteiger partial charge in [0.2, 0.25) is 0 Å². The van der Waals surface area contributed by atoms with Gasteiger partial charge >= 0.3 is 0 Å². The van der Waals surface area contributed by atoms with E-state index in [0.717, 1.165) is 25.1 Å². The molecule has 0 radical (unpaired) electrons. The third-order valence-corrected chi connectivity index (χ3v) is 4.13. The summed E-state index contributed by atoms with van der Waals surface area (Å²) < 4.78 is 3.32. The van der Waals surface area contributed by atoms with Gasteiger partial charge in [0.05, 0.1) is 11.4 Å². The first-order valence-electron chi connectivity index (χ1n) is 6.75. The minimum absolute atomic E-state index is 0.643. The van der Waals surface area contributed by atoms with Crippen molar-refractivity contribution in [2.24, 2.45) is 5.92 Å². The van der Waals surface area contributed by atoms with E-state index >= 15 is 0 Å². The van der Waals surface area contributed by atoms with E-state index in [0.29, 0.717) is 5.92 Å². The molecule has 1 aromatic carbocycles. The van der Waals surface area contributed by atoms with Gasteiger partial charge in [0.1, 0.15) is 5.82 Å². The fourth-order valence-electron chi connectivity index (χ4n) is 2.57. The third kappa shape index (κ3) is 2.50. The maximum atomic E-state index is 4.82. The SMILES string of the molecule is CC(C)Cc1nn(-c2ccc(I)cc2)c2c1CCN2. The number of halogens is 1. The largest absolute Gasteiger partial charge is 0.369 e. The molecule has 0 fully saturated rings.